The van der Waals surface area contributed by atoms with Crippen LogP contribution in [0.1, 0.15) is 10.4 Å². The lowest BCUT2D eigenvalue weighted by Gasteiger charge is -2.06. The van der Waals surface area contributed by atoms with Crippen LogP contribution < -0.4 is 10.5 Å². The number of hydrogen-bond donors (Lipinski definition) is 1. The predicted octanol–water partition coefficient (Wildman–Crippen LogP) is 1.37. The summed E-state index contributed by atoms with van der Waals surface area (Å²) in [7, 11) is 1.10. The highest BCUT2D eigenvalue weighted by atomic mass is 19.1. The molecule has 0 aliphatic heterocycles. The van der Waals surface area contributed by atoms with Gasteiger partial charge in [0.1, 0.15) is 0 Å². The van der Waals surface area contributed by atoms with Crippen molar-refractivity contribution >= 4 is 12.0 Å². The molecule has 0 bridgehead atoms. The normalized spacial score (nSPS) is 9.77. The zero-order chi connectivity index (χ0) is 10.0. The summed E-state index contributed by atoms with van der Waals surface area (Å²) < 4.78 is 30.4. The summed E-state index contributed by atoms with van der Waals surface area (Å²) in [6.45, 7) is 0. The number of carbonyl (C=O) groups excluding carboxylic acids is 1. The number of carbonyl (C=O) groups is 1. The third-order valence-electron chi connectivity index (χ3n) is 1.57. The monoisotopic (exact) mass is 187 g/mol. The molecule has 0 aromatic heterocycles. The van der Waals surface area contributed by atoms with E-state index in [9.17, 15) is 13.6 Å². The van der Waals surface area contributed by atoms with Gasteiger partial charge in [-0.3, -0.25) is 4.79 Å². The third kappa shape index (κ3) is 1.44. The fourth-order valence-corrected chi connectivity index (χ4v) is 0.941. The van der Waals surface area contributed by atoms with Gasteiger partial charge < -0.3 is 10.5 Å². The lowest BCUT2D eigenvalue weighted by molar-refractivity contribution is 0.111. The first-order valence-electron chi connectivity index (χ1n) is 3.38. The van der Waals surface area contributed by atoms with Crippen LogP contribution in [0.4, 0.5) is 14.5 Å². The zero-order valence-electron chi connectivity index (χ0n) is 6.80. The maximum Gasteiger partial charge on any atom is 0.191 e. The van der Waals surface area contributed by atoms with Gasteiger partial charge in [0.25, 0.3) is 0 Å². The Morgan fingerprint density at radius 1 is 1.54 bits per heavy atom. The van der Waals surface area contributed by atoms with E-state index in [1.165, 1.54) is 0 Å². The van der Waals surface area contributed by atoms with Crippen LogP contribution in [0, 0.1) is 11.6 Å². The number of benzene rings is 1. The number of methoxy groups -OCH3 is 1. The Hall–Kier alpha value is -1.65. The van der Waals surface area contributed by atoms with E-state index < -0.39 is 22.9 Å². The molecule has 0 saturated carbocycles. The number of rotatable bonds is 2. The highest BCUT2D eigenvalue weighted by molar-refractivity contribution is 5.84. The molecule has 1 aromatic carbocycles. The molecule has 0 aliphatic carbocycles. The van der Waals surface area contributed by atoms with Crippen molar-refractivity contribution in [3.63, 3.8) is 0 Å². The molecule has 0 spiro atoms. The molecule has 1 aromatic rings. The summed E-state index contributed by atoms with van der Waals surface area (Å²) >= 11 is 0. The molecule has 0 saturated heterocycles. The second-order valence-corrected chi connectivity index (χ2v) is 2.33. The molecule has 0 atom stereocenters. The molecule has 5 heteroatoms. The number of nitrogen functional groups attached to an aromatic ring is 1. The van der Waals surface area contributed by atoms with Crippen molar-refractivity contribution in [3.8, 4) is 5.75 Å². The Labute approximate surface area is 73.1 Å². The van der Waals surface area contributed by atoms with E-state index in [0.717, 1.165) is 13.2 Å². The first-order valence-corrected chi connectivity index (χ1v) is 3.38. The van der Waals surface area contributed by atoms with Crippen molar-refractivity contribution < 1.29 is 18.3 Å². The SMILES string of the molecule is COc1c(F)cc(N)c(C=O)c1F. The highest BCUT2D eigenvalue weighted by Crippen LogP contribution is 2.27. The van der Waals surface area contributed by atoms with Crippen molar-refractivity contribution in [2.75, 3.05) is 12.8 Å². The maximum atomic E-state index is 13.1. The van der Waals surface area contributed by atoms with Crippen molar-refractivity contribution in [1.29, 1.82) is 0 Å². The Balaban J connectivity index is 3.47. The zero-order valence-corrected chi connectivity index (χ0v) is 6.80. The van der Waals surface area contributed by atoms with Gasteiger partial charge in [0.15, 0.2) is 23.7 Å². The number of halogens is 2. The standard InChI is InChI=1S/C8H7F2NO2/c1-13-8-5(9)2-6(11)4(3-12)7(8)10/h2-3H,11H2,1H3. The van der Waals surface area contributed by atoms with Crippen LogP contribution in [0.5, 0.6) is 5.75 Å². The first-order chi connectivity index (χ1) is 6.11. The molecule has 0 amide bonds. The van der Waals surface area contributed by atoms with E-state index in [1.807, 2.05) is 0 Å². The molecular weight excluding hydrogens is 180 g/mol. The van der Waals surface area contributed by atoms with Gasteiger partial charge in [-0.25, -0.2) is 8.78 Å². The molecule has 13 heavy (non-hydrogen) atoms. The van der Waals surface area contributed by atoms with Crippen LogP contribution in [0.25, 0.3) is 0 Å². The topological polar surface area (TPSA) is 52.3 Å². The summed E-state index contributed by atoms with van der Waals surface area (Å²) in [5, 5.41) is 0. The van der Waals surface area contributed by atoms with E-state index in [2.05, 4.69) is 4.74 Å². The van der Waals surface area contributed by atoms with E-state index in [-0.39, 0.29) is 12.0 Å². The minimum absolute atomic E-state index is 0.215. The fraction of sp³-hybridized carbons (Fsp3) is 0.125. The third-order valence-corrected chi connectivity index (χ3v) is 1.57. The molecule has 0 aliphatic rings. The quantitative estimate of drug-likeness (QED) is 0.562. The summed E-state index contributed by atoms with van der Waals surface area (Å²) in [5.74, 6) is -2.60. The van der Waals surface area contributed by atoms with Gasteiger partial charge >= 0.3 is 0 Å². The Bertz CT molecular complexity index is 352. The average Bonchev–Trinajstić information content (AvgIpc) is 2.04. The van der Waals surface area contributed by atoms with Crippen LogP contribution in [0.2, 0.25) is 0 Å². The highest BCUT2D eigenvalue weighted by Gasteiger charge is 2.16. The number of ether oxygens (including phenoxy) is 1. The molecule has 0 unspecified atom stereocenters. The Morgan fingerprint density at radius 2 is 2.15 bits per heavy atom. The lowest BCUT2D eigenvalue weighted by atomic mass is 10.1. The van der Waals surface area contributed by atoms with Gasteiger partial charge in [0, 0.05) is 11.8 Å². The molecule has 3 nitrogen and oxygen atoms in total. The number of aldehydes is 1. The minimum atomic E-state index is -1.07. The average molecular weight is 187 g/mol. The van der Waals surface area contributed by atoms with Crippen molar-refractivity contribution in [2.45, 2.75) is 0 Å². The molecule has 1 rings (SSSR count). The van der Waals surface area contributed by atoms with E-state index in [1.54, 1.807) is 0 Å². The van der Waals surface area contributed by atoms with Crippen LogP contribution in [0.15, 0.2) is 6.07 Å². The van der Waals surface area contributed by atoms with Gasteiger partial charge in [-0.2, -0.15) is 0 Å². The molecular formula is C8H7F2NO2. The number of nitrogens with two attached hydrogens (primary N) is 1. The van der Waals surface area contributed by atoms with Crippen LogP contribution >= 0.6 is 0 Å². The van der Waals surface area contributed by atoms with Gasteiger partial charge in [0.2, 0.25) is 0 Å². The predicted molar refractivity (Wildman–Crippen MR) is 42.7 cm³/mol. The molecule has 70 valence electrons. The maximum absolute atomic E-state index is 13.1. The van der Waals surface area contributed by atoms with Crippen molar-refractivity contribution in [1.82, 2.24) is 0 Å². The van der Waals surface area contributed by atoms with Crippen LogP contribution in [0.3, 0.4) is 0 Å². The van der Waals surface area contributed by atoms with Gasteiger partial charge in [-0.1, -0.05) is 0 Å². The van der Waals surface area contributed by atoms with Crippen molar-refractivity contribution in [3.05, 3.63) is 23.3 Å². The lowest BCUT2D eigenvalue weighted by Crippen LogP contribution is -2.02. The van der Waals surface area contributed by atoms with E-state index in [4.69, 9.17) is 5.73 Å². The van der Waals surface area contributed by atoms with Crippen LogP contribution in [-0.2, 0) is 0 Å². The fourth-order valence-electron chi connectivity index (χ4n) is 0.941. The summed E-state index contributed by atoms with van der Waals surface area (Å²) in [6, 6.07) is 0.839. The van der Waals surface area contributed by atoms with E-state index >= 15 is 0 Å². The molecule has 0 heterocycles. The molecule has 0 radical (unpaired) electrons. The second kappa shape index (κ2) is 3.38. The van der Waals surface area contributed by atoms with E-state index in [0.29, 0.717) is 0 Å². The van der Waals surface area contributed by atoms with Gasteiger partial charge in [0.05, 0.1) is 12.7 Å². The Morgan fingerprint density at radius 3 is 2.62 bits per heavy atom. The van der Waals surface area contributed by atoms with Gasteiger partial charge in [-0.05, 0) is 0 Å². The van der Waals surface area contributed by atoms with Crippen LogP contribution in [-0.4, -0.2) is 13.4 Å². The minimum Gasteiger partial charge on any atom is -0.491 e. The first kappa shape index (κ1) is 9.44. The Kier molecular flexibility index (Phi) is 2.46. The largest absolute Gasteiger partial charge is 0.491 e. The van der Waals surface area contributed by atoms with Gasteiger partial charge in [-0.15, -0.1) is 0 Å². The van der Waals surface area contributed by atoms with Crippen molar-refractivity contribution in [2.24, 2.45) is 0 Å². The second-order valence-electron chi connectivity index (χ2n) is 2.33. The smallest absolute Gasteiger partial charge is 0.191 e. The summed E-state index contributed by atoms with van der Waals surface area (Å²) in [4.78, 5) is 10.3. The summed E-state index contributed by atoms with van der Waals surface area (Å²) in [6.07, 6.45) is 0.215. The number of anilines is 1. The summed E-state index contributed by atoms with van der Waals surface area (Å²) in [5.41, 5.74) is 4.55. The molecule has 0 fully saturated rings. The molecule has 2 N–H and O–H groups in total. The number of hydrogen-bond acceptors (Lipinski definition) is 3.